The molecule has 1 aromatic heterocycles. The second kappa shape index (κ2) is 8.52. The van der Waals surface area contributed by atoms with Gasteiger partial charge in [-0.05, 0) is 95.5 Å². The van der Waals surface area contributed by atoms with Crippen molar-refractivity contribution in [3.8, 4) is 33.4 Å². The maximum absolute atomic E-state index is 2.37. The van der Waals surface area contributed by atoms with E-state index in [1.54, 1.807) is 0 Å². The average Bonchev–Trinajstić information content (AvgIpc) is 3.22. The molecule has 0 fully saturated rings. The molecular weight excluding hydrogens is 440 g/mol. The highest BCUT2D eigenvalue weighted by Crippen LogP contribution is 2.40. The van der Waals surface area contributed by atoms with Crippen LogP contribution in [-0.2, 0) is 0 Å². The number of thiophene rings is 1. The second-order valence-electron chi connectivity index (χ2n) is 9.58. The Kier molecular flexibility index (Phi) is 5.31. The van der Waals surface area contributed by atoms with Crippen LogP contribution in [0.1, 0.15) is 22.3 Å². The first-order chi connectivity index (χ1) is 17.0. The molecule has 1 heterocycles. The number of hydrogen-bond acceptors (Lipinski definition) is 1. The summed E-state index contributed by atoms with van der Waals surface area (Å²) in [5, 5.41) is 2.71. The third kappa shape index (κ3) is 3.68. The van der Waals surface area contributed by atoms with Crippen molar-refractivity contribution in [2.45, 2.75) is 27.7 Å². The van der Waals surface area contributed by atoms with Gasteiger partial charge in [-0.2, -0.15) is 0 Å². The van der Waals surface area contributed by atoms with E-state index in [9.17, 15) is 0 Å². The summed E-state index contributed by atoms with van der Waals surface area (Å²) in [4.78, 5) is 0. The van der Waals surface area contributed by atoms with Crippen LogP contribution < -0.4 is 0 Å². The Bertz CT molecular complexity index is 1730. The van der Waals surface area contributed by atoms with Gasteiger partial charge in [-0.3, -0.25) is 0 Å². The lowest BCUT2D eigenvalue weighted by atomic mass is 9.87. The molecule has 0 radical (unpaired) electrons. The van der Waals surface area contributed by atoms with Gasteiger partial charge in [0.05, 0.1) is 0 Å². The molecular formula is C34H28S. The first-order valence-corrected chi connectivity index (χ1v) is 13.0. The van der Waals surface area contributed by atoms with Crippen molar-refractivity contribution in [3.05, 3.63) is 119 Å². The van der Waals surface area contributed by atoms with Crippen molar-refractivity contribution in [1.82, 2.24) is 0 Å². The monoisotopic (exact) mass is 468 g/mol. The molecule has 0 nitrogen and oxygen atoms in total. The van der Waals surface area contributed by atoms with Crippen LogP contribution in [-0.4, -0.2) is 0 Å². The minimum absolute atomic E-state index is 1.29. The number of rotatable bonds is 3. The fourth-order valence-electron chi connectivity index (χ4n) is 5.39. The zero-order valence-corrected chi connectivity index (χ0v) is 21.5. The van der Waals surface area contributed by atoms with Crippen LogP contribution >= 0.6 is 11.3 Å². The zero-order chi connectivity index (χ0) is 24.1. The number of benzene rings is 5. The minimum atomic E-state index is 1.29. The summed E-state index contributed by atoms with van der Waals surface area (Å²) < 4.78 is 2.72. The molecule has 0 saturated heterocycles. The molecule has 0 atom stereocenters. The summed E-state index contributed by atoms with van der Waals surface area (Å²) in [6.07, 6.45) is 0. The summed E-state index contributed by atoms with van der Waals surface area (Å²) in [5.41, 5.74) is 13.1. The van der Waals surface area contributed by atoms with Crippen molar-refractivity contribution in [2.24, 2.45) is 0 Å². The molecule has 0 amide bonds. The lowest BCUT2D eigenvalue weighted by Gasteiger charge is -2.17. The van der Waals surface area contributed by atoms with Crippen LogP contribution in [0.2, 0.25) is 0 Å². The van der Waals surface area contributed by atoms with Crippen LogP contribution in [0.4, 0.5) is 0 Å². The van der Waals surface area contributed by atoms with Gasteiger partial charge in [0.25, 0.3) is 0 Å². The van der Waals surface area contributed by atoms with Crippen molar-refractivity contribution < 1.29 is 0 Å². The summed E-state index contributed by atoms with van der Waals surface area (Å²) in [7, 11) is 0. The fourth-order valence-corrected chi connectivity index (χ4v) is 6.63. The van der Waals surface area contributed by atoms with Gasteiger partial charge in [0, 0.05) is 20.2 Å². The summed E-state index contributed by atoms with van der Waals surface area (Å²) in [6.45, 7) is 8.89. The van der Waals surface area contributed by atoms with Crippen LogP contribution in [0, 0.1) is 27.7 Å². The van der Waals surface area contributed by atoms with E-state index in [2.05, 4.69) is 125 Å². The van der Waals surface area contributed by atoms with Gasteiger partial charge in [-0.15, -0.1) is 11.3 Å². The smallest absolute Gasteiger partial charge is 0.0361 e. The highest BCUT2D eigenvalue weighted by Gasteiger charge is 2.14. The highest BCUT2D eigenvalue weighted by molar-refractivity contribution is 7.25. The van der Waals surface area contributed by atoms with Gasteiger partial charge in [0.2, 0.25) is 0 Å². The van der Waals surface area contributed by atoms with E-state index in [0.717, 1.165) is 0 Å². The Morgan fingerprint density at radius 1 is 0.457 bits per heavy atom. The molecule has 6 aromatic rings. The maximum Gasteiger partial charge on any atom is 0.0361 e. The lowest BCUT2D eigenvalue weighted by molar-refractivity contribution is 1.38. The van der Waals surface area contributed by atoms with Gasteiger partial charge in [-0.25, -0.2) is 0 Å². The number of hydrogen-bond donors (Lipinski definition) is 0. The predicted molar refractivity (Wildman–Crippen MR) is 155 cm³/mol. The molecule has 0 aliphatic rings. The van der Waals surface area contributed by atoms with E-state index in [1.807, 2.05) is 11.3 Å². The molecule has 1 heteroatoms. The molecule has 0 saturated carbocycles. The molecule has 0 bridgehead atoms. The Morgan fingerprint density at radius 2 is 1.00 bits per heavy atom. The van der Waals surface area contributed by atoms with Crippen LogP contribution in [0.25, 0.3) is 53.6 Å². The summed E-state index contributed by atoms with van der Waals surface area (Å²) in [6, 6.07) is 35.8. The van der Waals surface area contributed by atoms with Gasteiger partial charge < -0.3 is 0 Å². The molecule has 35 heavy (non-hydrogen) atoms. The zero-order valence-electron chi connectivity index (χ0n) is 20.6. The van der Waals surface area contributed by atoms with E-state index in [0.29, 0.717) is 0 Å². The molecule has 5 aromatic carbocycles. The van der Waals surface area contributed by atoms with Gasteiger partial charge >= 0.3 is 0 Å². The molecule has 170 valence electrons. The number of fused-ring (bicyclic) bond motifs is 3. The minimum Gasteiger partial charge on any atom is -0.135 e. The van der Waals surface area contributed by atoms with Crippen LogP contribution in [0.3, 0.4) is 0 Å². The van der Waals surface area contributed by atoms with Gasteiger partial charge in [0.15, 0.2) is 0 Å². The van der Waals surface area contributed by atoms with Crippen molar-refractivity contribution in [3.63, 3.8) is 0 Å². The molecule has 0 N–H and O–H groups in total. The lowest BCUT2D eigenvalue weighted by Crippen LogP contribution is -1.93. The van der Waals surface area contributed by atoms with E-state index >= 15 is 0 Å². The largest absolute Gasteiger partial charge is 0.135 e. The third-order valence-corrected chi connectivity index (χ3v) is 8.45. The Labute approximate surface area is 211 Å². The topological polar surface area (TPSA) is 0 Å². The normalized spacial score (nSPS) is 11.4. The first kappa shape index (κ1) is 21.8. The standard InChI is InChI=1S/C34H28S/c1-21-15-17-31-32-18-16-25(20-34(32)35-33(31)19-21)27-11-7-13-29(23(27)3)30-14-8-12-28(24(30)4)26-10-6-5-9-22(26)2/h5-20H,1-4H3. The summed E-state index contributed by atoms with van der Waals surface area (Å²) in [5.74, 6) is 0. The van der Waals surface area contributed by atoms with Crippen molar-refractivity contribution >= 4 is 31.5 Å². The van der Waals surface area contributed by atoms with E-state index in [1.165, 1.54) is 75.8 Å². The van der Waals surface area contributed by atoms with Crippen LogP contribution in [0.15, 0.2) is 97.1 Å². The van der Waals surface area contributed by atoms with E-state index in [4.69, 9.17) is 0 Å². The van der Waals surface area contributed by atoms with Crippen molar-refractivity contribution in [1.29, 1.82) is 0 Å². The molecule has 0 spiro atoms. The molecule has 0 unspecified atom stereocenters. The fraction of sp³-hybridized carbons (Fsp3) is 0.118. The highest BCUT2D eigenvalue weighted by atomic mass is 32.1. The summed E-state index contributed by atoms with van der Waals surface area (Å²) >= 11 is 1.89. The SMILES string of the molecule is Cc1ccc2c(c1)sc1cc(-c3cccc(-c4cccc(-c5ccccc5C)c4C)c3C)ccc12. The number of aryl methyl sites for hydroxylation is 2. The Balaban J connectivity index is 1.49. The molecule has 6 rings (SSSR count). The Hall–Kier alpha value is -3.68. The maximum atomic E-state index is 2.37. The molecule has 0 aliphatic heterocycles. The van der Waals surface area contributed by atoms with E-state index < -0.39 is 0 Å². The van der Waals surface area contributed by atoms with E-state index in [-0.39, 0.29) is 0 Å². The van der Waals surface area contributed by atoms with Crippen LogP contribution in [0.5, 0.6) is 0 Å². The predicted octanol–water partition coefficient (Wildman–Crippen LogP) is 10.3. The quantitative estimate of drug-likeness (QED) is 0.242. The van der Waals surface area contributed by atoms with Crippen molar-refractivity contribution in [2.75, 3.05) is 0 Å². The third-order valence-electron chi connectivity index (χ3n) is 7.33. The first-order valence-electron chi connectivity index (χ1n) is 12.2. The Morgan fingerprint density at radius 3 is 1.71 bits per heavy atom. The average molecular weight is 469 g/mol. The van der Waals surface area contributed by atoms with Gasteiger partial charge in [-0.1, -0.05) is 84.9 Å². The van der Waals surface area contributed by atoms with Gasteiger partial charge in [0.1, 0.15) is 0 Å². The molecule has 0 aliphatic carbocycles. The second-order valence-corrected chi connectivity index (χ2v) is 10.7.